The molecule has 0 aliphatic heterocycles. The number of esters is 1. The lowest BCUT2D eigenvalue weighted by Crippen LogP contribution is -2.11. The molecule has 0 radical (unpaired) electrons. The monoisotopic (exact) mass is 217 g/mol. The lowest BCUT2D eigenvalue weighted by Gasteiger charge is -2.02. The first-order valence-corrected chi connectivity index (χ1v) is 4.91. The van der Waals surface area contributed by atoms with Crippen molar-refractivity contribution in [2.75, 3.05) is 7.11 Å². The molecule has 1 aromatic heterocycles. The zero-order valence-corrected chi connectivity index (χ0v) is 7.98. The molecule has 1 N–H and O–H groups in total. The van der Waals surface area contributed by atoms with E-state index in [2.05, 4.69) is 9.72 Å². The summed E-state index contributed by atoms with van der Waals surface area (Å²) in [4.78, 5) is 14.4. The Bertz CT molecular complexity index is 453. The molecule has 0 bridgehead atoms. The second kappa shape index (κ2) is 3.72. The summed E-state index contributed by atoms with van der Waals surface area (Å²) in [5, 5.41) is -0.702. The summed E-state index contributed by atoms with van der Waals surface area (Å²) < 4.78 is 34.6. The van der Waals surface area contributed by atoms with E-state index in [0.29, 0.717) is 0 Å². The predicted octanol–water partition coefficient (Wildman–Crippen LogP) is 0.115. The third-order valence-electron chi connectivity index (χ3n) is 1.42. The summed E-state index contributed by atoms with van der Waals surface area (Å²) in [5.41, 5.74) is -0.294. The Morgan fingerprint density at radius 3 is 2.71 bits per heavy atom. The summed E-state index contributed by atoms with van der Waals surface area (Å²) >= 11 is 0. The maximum atomic E-state index is 11.0. The minimum Gasteiger partial charge on any atom is -0.465 e. The second-order valence-electron chi connectivity index (χ2n) is 2.32. The maximum Gasteiger partial charge on any atom is 0.340 e. The fourth-order valence-corrected chi connectivity index (χ4v) is 1.49. The third-order valence-corrected chi connectivity index (χ3v) is 2.23. The normalized spacial score (nSPS) is 11.0. The van der Waals surface area contributed by atoms with Gasteiger partial charge in [0.25, 0.3) is 0 Å². The van der Waals surface area contributed by atoms with Crippen molar-refractivity contribution in [2.45, 2.75) is 5.03 Å². The number of nitrogens with zero attached hydrogens (tertiary/aromatic N) is 1. The first kappa shape index (κ1) is 10.6. The molecule has 0 unspecified atom stereocenters. The van der Waals surface area contributed by atoms with Crippen LogP contribution in [0.4, 0.5) is 0 Å². The fourth-order valence-electron chi connectivity index (χ4n) is 0.862. The van der Waals surface area contributed by atoms with Crippen LogP contribution in [0.3, 0.4) is 0 Å². The van der Waals surface area contributed by atoms with Crippen LogP contribution < -0.4 is 0 Å². The van der Waals surface area contributed by atoms with Gasteiger partial charge in [0.05, 0.1) is 12.7 Å². The van der Waals surface area contributed by atoms with E-state index in [1.165, 1.54) is 12.1 Å². The summed E-state index contributed by atoms with van der Waals surface area (Å²) in [6.07, 6.45) is 1.15. The average Bonchev–Trinajstić information content (AvgIpc) is 2.15. The van der Waals surface area contributed by atoms with Crippen molar-refractivity contribution in [1.82, 2.24) is 4.98 Å². The third kappa shape index (κ3) is 2.06. The molecule has 0 aliphatic rings. The highest BCUT2D eigenvalue weighted by Crippen LogP contribution is 2.12. The van der Waals surface area contributed by atoms with Crippen LogP contribution in [0.25, 0.3) is 0 Å². The Kier molecular flexibility index (Phi) is 2.82. The number of aromatic nitrogens is 1. The van der Waals surface area contributed by atoms with Gasteiger partial charge in [-0.15, -0.1) is 0 Å². The molecule has 7 heteroatoms. The van der Waals surface area contributed by atoms with Crippen molar-refractivity contribution in [3.63, 3.8) is 0 Å². The Morgan fingerprint density at radius 2 is 2.21 bits per heavy atom. The number of carbonyl (C=O) groups is 1. The van der Waals surface area contributed by atoms with Crippen LogP contribution in [0, 0.1) is 0 Å². The van der Waals surface area contributed by atoms with Crippen LogP contribution in [-0.4, -0.2) is 31.0 Å². The smallest absolute Gasteiger partial charge is 0.340 e. The summed E-state index contributed by atoms with van der Waals surface area (Å²) in [5.74, 6) is -0.870. The van der Waals surface area contributed by atoms with Crippen molar-refractivity contribution in [2.24, 2.45) is 0 Å². The molecule has 0 saturated heterocycles. The lowest BCUT2D eigenvalue weighted by atomic mass is 10.3. The quantitative estimate of drug-likeness (QED) is 0.558. The molecule has 76 valence electrons. The number of pyridine rings is 1. The number of carbonyl (C=O) groups excluding carboxylic acids is 1. The highest BCUT2D eigenvalue weighted by Gasteiger charge is 2.21. The largest absolute Gasteiger partial charge is 0.465 e. The van der Waals surface area contributed by atoms with E-state index >= 15 is 0 Å². The number of rotatable bonds is 2. The van der Waals surface area contributed by atoms with Gasteiger partial charge in [0.1, 0.15) is 0 Å². The van der Waals surface area contributed by atoms with E-state index in [0.717, 1.165) is 13.3 Å². The maximum absolute atomic E-state index is 11.0. The second-order valence-corrected chi connectivity index (χ2v) is 3.66. The molecule has 0 aliphatic carbocycles. The summed E-state index contributed by atoms with van der Waals surface area (Å²) in [7, 11) is -3.40. The van der Waals surface area contributed by atoms with Gasteiger partial charge in [-0.3, -0.25) is 4.55 Å². The Morgan fingerprint density at radius 1 is 1.57 bits per heavy atom. The first-order chi connectivity index (χ1) is 6.46. The predicted molar refractivity (Wildman–Crippen MR) is 45.4 cm³/mol. The van der Waals surface area contributed by atoms with Gasteiger partial charge in [-0.2, -0.15) is 8.42 Å². The zero-order valence-electron chi connectivity index (χ0n) is 7.17. The molecule has 0 amide bonds. The van der Waals surface area contributed by atoms with Gasteiger partial charge in [0.2, 0.25) is 0 Å². The standard InChI is InChI=1S/C7H7NO5S/c1-13-7(9)5-3-2-4-8-6(5)14(10,11)12/h2-4H,1H3,(H,10,11,12). The van der Waals surface area contributed by atoms with Gasteiger partial charge in [0.15, 0.2) is 5.03 Å². The molecule has 0 aromatic carbocycles. The van der Waals surface area contributed by atoms with Crippen LogP contribution in [-0.2, 0) is 14.9 Å². The van der Waals surface area contributed by atoms with Crippen molar-refractivity contribution in [1.29, 1.82) is 0 Å². The highest BCUT2D eigenvalue weighted by molar-refractivity contribution is 7.85. The summed E-state index contributed by atoms with van der Waals surface area (Å²) in [6, 6.07) is 2.56. The summed E-state index contributed by atoms with van der Waals surface area (Å²) in [6.45, 7) is 0. The van der Waals surface area contributed by atoms with E-state index in [4.69, 9.17) is 4.55 Å². The van der Waals surface area contributed by atoms with Crippen molar-refractivity contribution in [3.8, 4) is 0 Å². The molecule has 1 aromatic rings. The Hall–Kier alpha value is -1.47. The number of hydrogen-bond donors (Lipinski definition) is 1. The molecule has 14 heavy (non-hydrogen) atoms. The number of ether oxygens (including phenoxy) is 1. The minimum absolute atomic E-state index is 0.294. The van der Waals surface area contributed by atoms with Gasteiger partial charge in [0, 0.05) is 6.20 Å². The van der Waals surface area contributed by atoms with Gasteiger partial charge < -0.3 is 4.74 Å². The van der Waals surface area contributed by atoms with E-state index in [-0.39, 0.29) is 5.56 Å². The number of hydrogen-bond acceptors (Lipinski definition) is 5. The molecule has 0 saturated carbocycles. The zero-order chi connectivity index (χ0) is 10.8. The van der Waals surface area contributed by atoms with Crippen LogP contribution in [0.1, 0.15) is 10.4 Å². The first-order valence-electron chi connectivity index (χ1n) is 3.47. The lowest BCUT2D eigenvalue weighted by molar-refractivity contribution is 0.0595. The Labute approximate surface area is 80.3 Å². The molecule has 1 heterocycles. The van der Waals surface area contributed by atoms with Crippen molar-refractivity contribution in [3.05, 3.63) is 23.9 Å². The van der Waals surface area contributed by atoms with Crippen LogP contribution in [0.15, 0.2) is 23.4 Å². The molecule has 0 fully saturated rings. The van der Waals surface area contributed by atoms with E-state index in [1.807, 2.05) is 0 Å². The van der Waals surface area contributed by atoms with E-state index in [1.54, 1.807) is 0 Å². The molecule has 1 rings (SSSR count). The van der Waals surface area contributed by atoms with E-state index in [9.17, 15) is 13.2 Å². The number of methoxy groups -OCH3 is 1. The average molecular weight is 217 g/mol. The minimum atomic E-state index is -4.50. The van der Waals surface area contributed by atoms with Gasteiger partial charge in [-0.25, -0.2) is 9.78 Å². The highest BCUT2D eigenvalue weighted by atomic mass is 32.2. The van der Waals surface area contributed by atoms with Gasteiger partial charge in [-0.05, 0) is 12.1 Å². The van der Waals surface area contributed by atoms with Crippen LogP contribution in [0.2, 0.25) is 0 Å². The fraction of sp³-hybridized carbons (Fsp3) is 0.143. The van der Waals surface area contributed by atoms with Crippen LogP contribution >= 0.6 is 0 Å². The molecule has 0 spiro atoms. The molecule has 6 nitrogen and oxygen atoms in total. The van der Waals surface area contributed by atoms with E-state index < -0.39 is 21.1 Å². The van der Waals surface area contributed by atoms with Crippen molar-refractivity contribution < 1.29 is 22.5 Å². The topological polar surface area (TPSA) is 93.6 Å². The van der Waals surface area contributed by atoms with Crippen molar-refractivity contribution >= 4 is 16.1 Å². The van der Waals surface area contributed by atoms with Gasteiger partial charge in [-0.1, -0.05) is 0 Å². The molecule has 0 atom stereocenters. The SMILES string of the molecule is COC(=O)c1cccnc1S(=O)(=O)O. The molecular formula is C7H7NO5S. The van der Waals surface area contributed by atoms with Crippen LogP contribution in [0.5, 0.6) is 0 Å². The molecular weight excluding hydrogens is 210 g/mol. The Balaban J connectivity index is 3.38. The van der Waals surface area contributed by atoms with Gasteiger partial charge >= 0.3 is 16.1 Å².